The Hall–Kier alpha value is -2.18. The molecule has 2 N–H and O–H groups in total. The van der Waals surface area contributed by atoms with E-state index in [0.717, 1.165) is 25.3 Å². The van der Waals surface area contributed by atoms with Gasteiger partial charge in [-0.15, -0.1) is 0 Å². The van der Waals surface area contributed by atoms with Gasteiger partial charge in [0, 0.05) is 6.54 Å². The van der Waals surface area contributed by atoms with E-state index in [1.807, 2.05) is 14.1 Å². The van der Waals surface area contributed by atoms with Crippen molar-refractivity contribution in [2.75, 3.05) is 37.8 Å². The highest BCUT2D eigenvalue weighted by Crippen LogP contribution is 2.20. The maximum Gasteiger partial charge on any atom is 0.260 e. The third-order valence-corrected chi connectivity index (χ3v) is 3.61. The van der Waals surface area contributed by atoms with Gasteiger partial charge in [0.05, 0.1) is 22.5 Å². The number of nitrogens with one attached hydrogen (secondary N) is 2. The Bertz CT molecular complexity index is 671. The molecule has 0 radical (unpaired) electrons. The Labute approximate surface area is 145 Å². The summed E-state index contributed by atoms with van der Waals surface area (Å²) in [5.41, 5.74) is 0.295. The van der Waals surface area contributed by atoms with Gasteiger partial charge in [0.15, 0.2) is 0 Å². The number of anilines is 2. The molecule has 0 aliphatic heterocycles. The van der Waals surface area contributed by atoms with Crippen molar-refractivity contribution in [3.8, 4) is 0 Å². The van der Waals surface area contributed by atoms with Crippen molar-refractivity contribution in [2.45, 2.75) is 6.42 Å². The third kappa shape index (κ3) is 5.18. The van der Waals surface area contributed by atoms with Crippen molar-refractivity contribution in [1.29, 1.82) is 0 Å². The van der Waals surface area contributed by atoms with Crippen LogP contribution in [0.25, 0.3) is 0 Å². The Kier molecular flexibility index (Phi) is 6.52. The predicted octanol–water partition coefficient (Wildman–Crippen LogP) is 3.49. The van der Waals surface area contributed by atoms with Crippen LogP contribution in [0.15, 0.2) is 36.5 Å². The minimum absolute atomic E-state index is 0.0691. The summed E-state index contributed by atoms with van der Waals surface area (Å²) in [5.74, 6) is -0.547. The number of carbonyl (C=O) groups is 1. The van der Waals surface area contributed by atoms with E-state index in [4.69, 9.17) is 11.6 Å². The highest BCUT2D eigenvalue weighted by molar-refractivity contribution is 6.34. The first-order valence-electron chi connectivity index (χ1n) is 7.57. The molecule has 2 rings (SSSR count). The molecule has 5 nitrogen and oxygen atoms in total. The van der Waals surface area contributed by atoms with Crippen LogP contribution in [0.1, 0.15) is 16.8 Å². The van der Waals surface area contributed by atoms with E-state index in [0.29, 0.717) is 5.69 Å². The average molecular weight is 351 g/mol. The van der Waals surface area contributed by atoms with Crippen LogP contribution >= 0.6 is 11.6 Å². The highest BCUT2D eigenvalue weighted by Gasteiger charge is 2.15. The van der Waals surface area contributed by atoms with Gasteiger partial charge in [-0.3, -0.25) is 4.79 Å². The lowest BCUT2D eigenvalue weighted by molar-refractivity contribution is 0.102. The van der Waals surface area contributed by atoms with Gasteiger partial charge < -0.3 is 15.5 Å². The summed E-state index contributed by atoms with van der Waals surface area (Å²) in [6.45, 7) is 1.80. The van der Waals surface area contributed by atoms with Crippen LogP contribution < -0.4 is 10.6 Å². The summed E-state index contributed by atoms with van der Waals surface area (Å²) in [6.07, 6.45) is 2.51. The number of nitrogens with zero attached hydrogens (tertiary/aromatic N) is 2. The zero-order valence-electron chi connectivity index (χ0n) is 13.6. The molecule has 0 spiro atoms. The van der Waals surface area contributed by atoms with Gasteiger partial charge in [0.1, 0.15) is 11.6 Å². The Morgan fingerprint density at radius 2 is 2.08 bits per heavy atom. The first-order valence-corrected chi connectivity index (χ1v) is 7.95. The fourth-order valence-corrected chi connectivity index (χ4v) is 2.34. The summed E-state index contributed by atoms with van der Waals surface area (Å²) in [5, 5.41) is 5.86. The van der Waals surface area contributed by atoms with Gasteiger partial charge in [-0.05, 0) is 51.3 Å². The molecule has 0 aliphatic carbocycles. The van der Waals surface area contributed by atoms with Gasteiger partial charge in [-0.25, -0.2) is 9.37 Å². The van der Waals surface area contributed by atoms with Crippen molar-refractivity contribution < 1.29 is 9.18 Å². The van der Waals surface area contributed by atoms with Crippen molar-refractivity contribution >= 4 is 29.0 Å². The second-order valence-electron chi connectivity index (χ2n) is 5.57. The van der Waals surface area contributed by atoms with Gasteiger partial charge in [0.25, 0.3) is 5.91 Å². The zero-order chi connectivity index (χ0) is 17.5. The van der Waals surface area contributed by atoms with E-state index in [-0.39, 0.29) is 10.6 Å². The normalized spacial score (nSPS) is 10.7. The molecule has 0 saturated carbocycles. The highest BCUT2D eigenvalue weighted by atomic mass is 35.5. The number of carbonyl (C=O) groups excluding carboxylic acids is 1. The van der Waals surface area contributed by atoms with Crippen molar-refractivity contribution in [1.82, 2.24) is 9.88 Å². The van der Waals surface area contributed by atoms with E-state index >= 15 is 0 Å². The molecule has 0 unspecified atom stereocenters. The van der Waals surface area contributed by atoms with Crippen LogP contribution in [0.2, 0.25) is 5.02 Å². The van der Waals surface area contributed by atoms with Crippen LogP contribution in [0.4, 0.5) is 15.9 Å². The molecule has 1 aromatic carbocycles. The van der Waals surface area contributed by atoms with E-state index < -0.39 is 11.7 Å². The molecule has 7 heteroatoms. The number of rotatable bonds is 7. The minimum atomic E-state index is -0.660. The lowest BCUT2D eigenvalue weighted by Gasteiger charge is -2.11. The summed E-state index contributed by atoms with van der Waals surface area (Å²) in [7, 11) is 4.05. The van der Waals surface area contributed by atoms with E-state index in [2.05, 4.69) is 20.5 Å². The Balaban J connectivity index is 1.93. The molecule has 0 atom stereocenters. The lowest BCUT2D eigenvalue weighted by Crippen LogP contribution is -2.17. The van der Waals surface area contributed by atoms with Crippen LogP contribution in [-0.4, -0.2) is 43.0 Å². The Morgan fingerprint density at radius 3 is 2.71 bits per heavy atom. The van der Waals surface area contributed by atoms with Crippen LogP contribution in [0, 0.1) is 5.82 Å². The zero-order valence-corrected chi connectivity index (χ0v) is 14.4. The fraction of sp³-hybridized carbons (Fsp3) is 0.294. The minimum Gasteiger partial charge on any atom is -0.370 e. The molecule has 0 saturated heterocycles. The third-order valence-electron chi connectivity index (χ3n) is 3.30. The number of hydrogen-bond acceptors (Lipinski definition) is 4. The number of halogens is 2. The van der Waals surface area contributed by atoms with Crippen molar-refractivity contribution in [3.63, 3.8) is 0 Å². The topological polar surface area (TPSA) is 57.3 Å². The molecular formula is C17H20ClFN4O. The molecule has 1 amide bonds. The number of hydrogen-bond donors (Lipinski definition) is 2. The summed E-state index contributed by atoms with van der Waals surface area (Å²) in [4.78, 5) is 18.5. The second-order valence-corrected chi connectivity index (χ2v) is 5.97. The molecule has 0 fully saturated rings. The van der Waals surface area contributed by atoms with Gasteiger partial charge in [-0.1, -0.05) is 17.7 Å². The summed E-state index contributed by atoms with van der Waals surface area (Å²) < 4.78 is 13.7. The molecule has 24 heavy (non-hydrogen) atoms. The first-order chi connectivity index (χ1) is 11.5. The SMILES string of the molecule is CN(C)CCCNc1ccc(NC(=O)c2c(F)cccc2Cl)cn1. The van der Waals surface area contributed by atoms with Gasteiger partial charge in [-0.2, -0.15) is 0 Å². The van der Waals surface area contributed by atoms with Gasteiger partial charge in [0.2, 0.25) is 0 Å². The predicted molar refractivity (Wildman–Crippen MR) is 95.3 cm³/mol. The van der Waals surface area contributed by atoms with Gasteiger partial charge >= 0.3 is 0 Å². The quantitative estimate of drug-likeness (QED) is 0.750. The molecule has 128 valence electrons. The largest absolute Gasteiger partial charge is 0.370 e. The van der Waals surface area contributed by atoms with Crippen molar-refractivity contribution in [3.05, 3.63) is 52.9 Å². The van der Waals surface area contributed by atoms with E-state index in [1.165, 1.54) is 24.4 Å². The smallest absolute Gasteiger partial charge is 0.260 e. The van der Waals surface area contributed by atoms with Crippen LogP contribution in [-0.2, 0) is 0 Å². The maximum absolute atomic E-state index is 13.7. The molecule has 0 bridgehead atoms. The number of amides is 1. The molecular weight excluding hydrogens is 331 g/mol. The van der Waals surface area contributed by atoms with Crippen LogP contribution in [0.5, 0.6) is 0 Å². The molecule has 1 aromatic heterocycles. The average Bonchev–Trinajstić information content (AvgIpc) is 2.53. The number of aromatic nitrogens is 1. The molecule has 1 heterocycles. The maximum atomic E-state index is 13.7. The molecule has 0 aliphatic rings. The summed E-state index contributed by atoms with van der Waals surface area (Å²) in [6, 6.07) is 7.58. The van der Waals surface area contributed by atoms with E-state index in [1.54, 1.807) is 12.1 Å². The number of pyridine rings is 1. The monoisotopic (exact) mass is 350 g/mol. The second kappa shape index (κ2) is 8.61. The lowest BCUT2D eigenvalue weighted by atomic mass is 10.2. The Morgan fingerprint density at radius 1 is 1.29 bits per heavy atom. The number of benzene rings is 1. The first kappa shape index (κ1) is 18.2. The standard InChI is InChI=1S/C17H20ClFN4O/c1-23(2)10-4-9-20-15-8-7-12(11-21-15)22-17(24)16-13(18)5-3-6-14(16)19/h3,5-8,11H,4,9-10H2,1-2H3,(H,20,21)(H,22,24). The van der Waals surface area contributed by atoms with Crippen molar-refractivity contribution in [2.24, 2.45) is 0 Å². The van der Waals surface area contributed by atoms with E-state index in [9.17, 15) is 9.18 Å². The molecule has 2 aromatic rings. The fourth-order valence-electron chi connectivity index (χ4n) is 2.09. The van der Waals surface area contributed by atoms with Crippen LogP contribution in [0.3, 0.4) is 0 Å². The summed E-state index contributed by atoms with van der Waals surface area (Å²) >= 11 is 5.88.